The highest BCUT2D eigenvalue weighted by Crippen LogP contribution is 2.31. The minimum atomic E-state index is -0.485. The van der Waals surface area contributed by atoms with Crippen molar-refractivity contribution in [1.82, 2.24) is 5.32 Å². The maximum atomic E-state index is 10.9. The molecule has 1 atom stereocenters. The van der Waals surface area contributed by atoms with Gasteiger partial charge in [-0.3, -0.25) is 4.79 Å². The van der Waals surface area contributed by atoms with Gasteiger partial charge in [0.25, 0.3) is 0 Å². The van der Waals surface area contributed by atoms with Gasteiger partial charge in [0.15, 0.2) is 12.4 Å². The van der Waals surface area contributed by atoms with Gasteiger partial charge in [0.1, 0.15) is 12.4 Å². The molecule has 0 aromatic heterocycles. The molecule has 0 bridgehead atoms. The molecule has 0 spiro atoms. The van der Waals surface area contributed by atoms with Gasteiger partial charge in [0.2, 0.25) is 0 Å². The number of alkyl carbamates (subject to hydrolysis) is 1. The van der Waals surface area contributed by atoms with Crippen LogP contribution in [0.2, 0.25) is 10.0 Å². The quantitative estimate of drug-likeness (QED) is 0.864. The number of ether oxygens (including phenoxy) is 2. The van der Waals surface area contributed by atoms with E-state index in [9.17, 15) is 9.59 Å². The van der Waals surface area contributed by atoms with E-state index in [4.69, 9.17) is 32.7 Å². The molecule has 1 aromatic carbocycles. The second kappa shape index (κ2) is 5.46. The fourth-order valence-electron chi connectivity index (χ4n) is 1.52. The minimum absolute atomic E-state index is 0.112. The van der Waals surface area contributed by atoms with Crippen LogP contribution < -0.4 is 10.1 Å². The van der Waals surface area contributed by atoms with Crippen LogP contribution in [0.1, 0.15) is 10.4 Å². The number of carbonyl (C=O) groups excluding carboxylic acids is 2. The lowest BCUT2D eigenvalue weighted by Gasteiger charge is -2.13. The zero-order valence-electron chi connectivity index (χ0n) is 9.11. The minimum Gasteiger partial charge on any atom is -0.487 e. The van der Waals surface area contributed by atoms with E-state index in [1.807, 2.05) is 0 Å². The monoisotopic (exact) mass is 289 g/mol. The van der Waals surface area contributed by atoms with E-state index in [0.29, 0.717) is 17.9 Å². The zero-order valence-corrected chi connectivity index (χ0v) is 10.6. The van der Waals surface area contributed by atoms with Crippen molar-refractivity contribution in [2.75, 3.05) is 13.2 Å². The summed E-state index contributed by atoms with van der Waals surface area (Å²) in [5, 5.41) is 3.08. The topological polar surface area (TPSA) is 64.6 Å². The molecule has 1 aliphatic heterocycles. The molecule has 0 saturated carbocycles. The first kappa shape index (κ1) is 13.0. The largest absolute Gasteiger partial charge is 0.487 e. The number of nitrogens with one attached hydrogen (secondary N) is 1. The highest BCUT2D eigenvalue weighted by molar-refractivity contribution is 6.36. The first-order valence-electron chi connectivity index (χ1n) is 5.11. The predicted molar refractivity (Wildman–Crippen MR) is 65.6 cm³/mol. The van der Waals surface area contributed by atoms with E-state index in [-0.39, 0.29) is 22.9 Å². The Morgan fingerprint density at radius 1 is 1.50 bits per heavy atom. The van der Waals surface area contributed by atoms with Crippen molar-refractivity contribution in [3.63, 3.8) is 0 Å². The van der Waals surface area contributed by atoms with E-state index < -0.39 is 12.2 Å². The maximum absolute atomic E-state index is 10.9. The smallest absolute Gasteiger partial charge is 0.407 e. The molecular weight excluding hydrogens is 281 g/mol. The Kier molecular flexibility index (Phi) is 3.93. The molecule has 1 amide bonds. The van der Waals surface area contributed by atoms with Crippen molar-refractivity contribution >= 4 is 35.6 Å². The molecule has 0 aliphatic carbocycles. The predicted octanol–water partition coefficient (Wildman–Crippen LogP) is 2.29. The molecule has 1 saturated heterocycles. The van der Waals surface area contributed by atoms with Crippen LogP contribution in [0.5, 0.6) is 5.75 Å². The summed E-state index contributed by atoms with van der Waals surface area (Å²) in [6.07, 6.45) is -0.281. The van der Waals surface area contributed by atoms with Crippen LogP contribution in [0.15, 0.2) is 12.1 Å². The molecule has 1 fully saturated rings. The van der Waals surface area contributed by atoms with Crippen LogP contribution >= 0.6 is 23.2 Å². The van der Waals surface area contributed by atoms with Crippen LogP contribution in [-0.4, -0.2) is 31.6 Å². The summed E-state index contributed by atoms with van der Waals surface area (Å²) < 4.78 is 10.3. The Bertz CT molecular complexity index is 492. The summed E-state index contributed by atoms with van der Waals surface area (Å²) in [4.78, 5) is 21.7. The Morgan fingerprint density at radius 3 is 2.89 bits per heavy atom. The molecule has 7 heteroatoms. The van der Waals surface area contributed by atoms with E-state index in [0.717, 1.165) is 0 Å². The summed E-state index contributed by atoms with van der Waals surface area (Å²) in [5.41, 5.74) is 0.254. The fraction of sp³-hybridized carbons (Fsp3) is 0.273. The molecule has 5 nitrogen and oxygen atoms in total. The summed E-state index contributed by atoms with van der Waals surface area (Å²) >= 11 is 11.7. The number of hydrogen-bond acceptors (Lipinski definition) is 4. The van der Waals surface area contributed by atoms with Crippen molar-refractivity contribution in [2.24, 2.45) is 0 Å². The summed E-state index contributed by atoms with van der Waals surface area (Å²) in [6.45, 7) is 0.474. The van der Waals surface area contributed by atoms with E-state index in [1.165, 1.54) is 12.1 Å². The number of amides is 1. The molecule has 2 rings (SSSR count). The van der Waals surface area contributed by atoms with E-state index in [1.54, 1.807) is 0 Å². The molecule has 1 heterocycles. The molecule has 1 unspecified atom stereocenters. The number of carbonyl (C=O) groups is 2. The maximum Gasteiger partial charge on any atom is 0.407 e. The molecule has 96 valence electrons. The van der Waals surface area contributed by atoms with Crippen LogP contribution in [0.4, 0.5) is 4.79 Å². The standard InChI is InChI=1S/C11H9Cl2NO4/c12-7-1-6(4-15)10(9(13)2-7)17-5-8-3-14-11(16)18-8/h1-2,4,8H,3,5H2,(H,14,16). The molecule has 0 radical (unpaired) electrons. The van der Waals surface area contributed by atoms with Crippen molar-refractivity contribution < 1.29 is 19.1 Å². The lowest BCUT2D eigenvalue weighted by atomic mass is 10.2. The van der Waals surface area contributed by atoms with Gasteiger partial charge < -0.3 is 14.8 Å². The second-order valence-electron chi connectivity index (χ2n) is 3.64. The van der Waals surface area contributed by atoms with Crippen molar-refractivity contribution in [2.45, 2.75) is 6.10 Å². The van der Waals surface area contributed by atoms with Crippen LogP contribution in [0.3, 0.4) is 0 Å². The number of benzene rings is 1. The SMILES string of the molecule is O=Cc1cc(Cl)cc(Cl)c1OCC1CNC(=O)O1. The average molecular weight is 290 g/mol. The van der Waals surface area contributed by atoms with Crippen molar-refractivity contribution in [1.29, 1.82) is 0 Å². The zero-order chi connectivity index (χ0) is 13.1. The van der Waals surface area contributed by atoms with Crippen LogP contribution in [-0.2, 0) is 4.74 Å². The molecule has 18 heavy (non-hydrogen) atoms. The Morgan fingerprint density at radius 2 is 2.28 bits per heavy atom. The van der Waals surface area contributed by atoms with Gasteiger partial charge >= 0.3 is 6.09 Å². The lowest BCUT2D eigenvalue weighted by Crippen LogP contribution is -2.22. The van der Waals surface area contributed by atoms with Gasteiger partial charge in [-0.2, -0.15) is 0 Å². The molecule has 1 aliphatic rings. The molecule has 1 aromatic rings. The Labute approximate surface area is 113 Å². The third-order valence-corrected chi connectivity index (χ3v) is 2.82. The second-order valence-corrected chi connectivity index (χ2v) is 4.49. The normalized spacial score (nSPS) is 18.1. The van der Waals surface area contributed by atoms with Gasteiger partial charge in [-0.25, -0.2) is 4.79 Å². The fourth-order valence-corrected chi connectivity index (χ4v) is 2.08. The first-order chi connectivity index (χ1) is 8.60. The number of rotatable bonds is 4. The molecular formula is C11H9Cl2NO4. The number of hydrogen-bond donors (Lipinski definition) is 1. The van der Waals surface area contributed by atoms with Gasteiger partial charge in [-0.05, 0) is 12.1 Å². The summed E-state index contributed by atoms with van der Waals surface area (Å²) in [5.74, 6) is 0.235. The third kappa shape index (κ3) is 2.86. The van der Waals surface area contributed by atoms with Crippen LogP contribution in [0, 0.1) is 0 Å². The Balaban J connectivity index is 2.09. The molecule has 1 N–H and O–H groups in total. The Hall–Kier alpha value is -1.46. The third-order valence-electron chi connectivity index (χ3n) is 2.33. The van der Waals surface area contributed by atoms with Crippen molar-refractivity contribution in [3.05, 3.63) is 27.7 Å². The van der Waals surface area contributed by atoms with E-state index in [2.05, 4.69) is 5.32 Å². The number of aldehydes is 1. The average Bonchev–Trinajstić information content (AvgIpc) is 2.73. The van der Waals surface area contributed by atoms with Crippen LogP contribution in [0.25, 0.3) is 0 Å². The van der Waals surface area contributed by atoms with Crippen molar-refractivity contribution in [3.8, 4) is 5.75 Å². The first-order valence-corrected chi connectivity index (χ1v) is 5.87. The highest BCUT2D eigenvalue weighted by Gasteiger charge is 2.23. The van der Waals surface area contributed by atoms with Gasteiger partial charge in [-0.15, -0.1) is 0 Å². The summed E-state index contributed by atoms with van der Waals surface area (Å²) in [6, 6.07) is 2.93. The lowest BCUT2D eigenvalue weighted by molar-refractivity contribution is 0.102. The number of cyclic esters (lactones) is 1. The van der Waals surface area contributed by atoms with Gasteiger partial charge in [0, 0.05) is 5.02 Å². The number of halogens is 2. The van der Waals surface area contributed by atoms with Gasteiger partial charge in [0.05, 0.1) is 17.1 Å². The van der Waals surface area contributed by atoms with E-state index >= 15 is 0 Å². The summed E-state index contributed by atoms with van der Waals surface area (Å²) in [7, 11) is 0. The van der Waals surface area contributed by atoms with Gasteiger partial charge in [-0.1, -0.05) is 23.2 Å². The highest BCUT2D eigenvalue weighted by atomic mass is 35.5.